The van der Waals surface area contributed by atoms with Gasteiger partial charge in [0.25, 0.3) is 5.91 Å². The van der Waals surface area contributed by atoms with E-state index in [2.05, 4.69) is 22.3 Å². The number of rotatable bonds is 8. The summed E-state index contributed by atoms with van der Waals surface area (Å²) < 4.78 is 28.0. The first-order chi connectivity index (χ1) is 16.8. The molecule has 1 heterocycles. The van der Waals surface area contributed by atoms with Crippen molar-refractivity contribution in [1.82, 2.24) is 9.21 Å². The number of anilines is 1. The standard InChI is InChI=1S/C26H28N4O4S/c27-25(31)18-21-9-4-5-12-24(21)28-26(32)22-10-6-11-23(17-22)35(33,34)30-15-13-29(14-16-30)19-20-7-2-1-3-8-20/h1-12,17H,13-16,18-19H2,(H2,27,31)(H,28,32). The summed E-state index contributed by atoms with van der Waals surface area (Å²) >= 11 is 0. The molecule has 3 aromatic rings. The van der Waals surface area contributed by atoms with Gasteiger partial charge in [-0.1, -0.05) is 54.6 Å². The first-order valence-corrected chi connectivity index (χ1v) is 12.8. The van der Waals surface area contributed by atoms with E-state index < -0.39 is 21.8 Å². The van der Waals surface area contributed by atoms with E-state index in [-0.39, 0.29) is 16.9 Å². The van der Waals surface area contributed by atoms with Crippen LogP contribution in [0.3, 0.4) is 0 Å². The van der Waals surface area contributed by atoms with E-state index in [4.69, 9.17) is 5.73 Å². The third-order valence-corrected chi connectivity index (χ3v) is 7.84. The van der Waals surface area contributed by atoms with Crippen molar-refractivity contribution in [1.29, 1.82) is 0 Å². The highest BCUT2D eigenvalue weighted by atomic mass is 32.2. The van der Waals surface area contributed by atoms with Gasteiger partial charge >= 0.3 is 0 Å². The summed E-state index contributed by atoms with van der Waals surface area (Å²) in [6, 6.07) is 23.0. The molecule has 1 aliphatic rings. The van der Waals surface area contributed by atoms with Crippen LogP contribution in [0.5, 0.6) is 0 Å². The molecule has 0 radical (unpaired) electrons. The Hall–Kier alpha value is -3.53. The quantitative estimate of drug-likeness (QED) is 0.502. The maximum Gasteiger partial charge on any atom is 0.255 e. The fourth-order valence-electron chi connectivity index (χ4n) is 4.10. The van der Waals surface area contributed by atoms with Gasteiger partial charge in [0.1, 0.15) is 0 Å². The van der Waals surface area contributed by atoms with Crippen molar-refractivity contribution in [3.8, 4) is 0 Å². The van der Waals surface area contributed by atoms with Gasteiger partial charge in [-0.25, -0.2) is 8.42 Å². The number of nitrogens with one attached hydrogen (secondary N) is 1. The van der Waals surface area contributed by atoms with Crippen molar-refractivity contribution < 1.29 is 18.0 Å². The number of para-hydroxylation sites is 1. The lowest BCUT2D eigenvalue weighted by molar-refractivity contribution is -0.117. The lowest BCUT2D eigenvalue weighted by Gasteiger charge is -2.34. The summed E-state index contributed by atoms with van der Waals surface area (Å²) in [7, 11) is -3.75. The van der Waals surface area contributed by atoms with Crippen LogP contribution in [0.4, 0.5) is 5.69 Å². The molecule has 1 saturated heterocycles. The van der Waals surface area contributed by atoms with Crippen LogP contribution in [0.2, 0.25) is 0 Å². The molecule has 0 unspecified atom stereocenters. The fourth-order valence-corrected chi connectivity index (χ4v) is 5.56. The number of hydrogen-bond donors (Lipinski definition) is 2. The van der Waals surface area contributed by atoms with Crippen LogP contribution in [0.1, 0.15) is 21.5 Å². The molecule has 35 heavy (non-hydrogen) atoms. The van der Waals surface area contributed by atoms with Crippen LogP contribution in [0, 0.1) is 0 Å². The minimum absolute atomic E-state index is 0.0128. The Kier molecular flexibility index (Phi) is 7.60. The van der Waals surface area contributed by atoms with Gasteiger partial charge in [-0.05, 0) is 35.4 Å². The lowest BCUT2D eigenvalue weighted by Crippen LogP contribution is -2.48. The maximum absolute atomic E-state index is 13.3. The number of nitrogens with two attached hydrogens (primary N) is 1. The van der Waals surface area contributed by atoms with Gasteiger partial charge in [0.05, 0.1) is 11.3 Å². The summed E-state index contributed by atoms with van der Waals surface area (Å²) in [6.45, 7) is 2.80. The molecule has 0 aromatic heterocycles. The number of carbonyl (C=O) groups is 2. The largest absolute Gasteiger partial charge is 0.369 e. The van der Waals surface area contributed by atoms with E-state index in [0.717, 1.165) is 6.54 Å². The van der Waals surface area contributed by atoms with Crippen LogP contribution in [-0.4, -0.2) is 55.6 Å². The molecule has 1 aliphatic heterocycles. The smallest absolute Gasteiger partial charge is 0.255 e. The van der Waals surface area contributed by atoms with Gasteiger partial charge in [0.2, 0.25) is 15.9 Å². The SMILES string of the molecule is NC(=O)Cc1ccccc1NC(=O)c1cccc(S(=O)(=O)N2CCN(Cc3ccccc3)CC2)c1. The normalized spacial score (nSPS) is 15.0. The van der Waals surface area contributed by atoms with Crippen LogP contribution in [-0.2, 0) is 27.8 Å². The molecular formula is C26H28N4O4S. The second-order valence-electron chi connectivity index (χ2n) is 8.45. The summed E-state index contributed by atoms with van der Waals surface area (Å²) in [5, 5.41) is 2.76. The number of carbonyl (C=O) groups excluding carboxylic acids is 2. The number of hydrogen-bond acceptors (Lipinski definition) is 5. The highest BCUT2D eigenvalue weighted by molar-refractivity contribution is 7.89. The van der Waals surface area contributed by atoms with Crippen molar-refractivity contribution in [3.05, 3.63) is 95.6 Å². The van der Waals surface area contributed by atoms with Gasteiger partial charge in [-0.2, -0.15) is 4.31 Å². The predicted octanol–water partition coefficient (Wildman–Crippen LogP) is 2.47. The van der Waals surface area contributed by atoms with E-state index in [9.17, 15) is 18.0 Å². The highest BCUT2D eigenvalue weighted by Crippen LogP contribution is 2.21. The molecule has 4 rings (SSSR count). The minimum atomic E-state index is -3.75. The summed E-state index contributed by atoms with van der Waals surface area (Å²) in [5.74, 6) is -0.977. The average Bonchev–Trinajstić information content (AvgIpc) is 2.86. The number of benzene rings is 3. The molecule has 8 nitrogen and oxygen atoms in total. The van der Waals surface area contributed by atoms with Crippen LogP contribution >= 0.6 is 0 Å². The lowest BCUT2D eigenvalue weighted by atomic mass is 10.1. The van der Waals surface area contributed by atoms with Gasteiger partial charge < -0.3 is 11.1 Å². The average molecular weight is 493 g/mol. The zero-order valence-corrected chi connectivity index (χ0v) is 20.1. The molecule has 2 amide bonds. The summed E-state index contributed by atoms with van der Waals surface area (Å²) in [5.41, 5.74) is 7.75. The molecule has 9 heteroatoms. The molecule has 0 saturated carbocycles. The zero-order chi connectivity index (χ0) is 24.8. The third kappa shape index (κ3) is 6.13. The molecule has 3 aromatic carbocycles. The molecular weight excluding hydrogens is 464 g/mol. The summed E-state index contributed by atoms with van der Waals surface area (Å²) in [4.78, 5) is 26.5. The maximum atomic E-state index is 13.3. The molecule has 0 aliphatic carbocycles. The number of primary amides is 1. The minimum Gasteiger partial charge on any atom is -0.369 e. The number of sulfonamides is 1. The Bertz CT molecular complexity index is 1300. The predicted molar refractivity (Wildman–Crippen MR) is 134 cm³/mol. The zero-order valence-electron chi connectivity index (χ0n) is 19.3. The van der Waals surface area contributed by atoms with Crippen LogP contribution in [0.15, 0.2) is 83.8 Å². The third-order valence-electron chi connectivity index (χ3n) is 5.94. The Labute approximate surface area is 205 Å². The molecule has 0 spiro atoms. The van der Waals surface area contributed by atoms with Crippen molar-refractivity contribution >= 4 is 27.5 Å². The second kappa shape index (κ2) is 10.8. The number of nitrogens with zero attached hydrogens (tertiary/aromatic N) is 2. The topological polar surface area (TPSA) is 113 Å². The van der Waals surface area contributed by atoms with E-state index in [0.29, 0.717) is 37.4 Å². The number of amides is 2. The molecule has 0 atom stereocenters. The Morgan fingerprint density at radius 1 is 0.857 bits per heavy atom. The molecule has 182 valence electrons. The fraction of sp³-hybridized carbons (Fsp3) is 0.231. The second-order valence-corrected chi connectivity index (χ2v) is 10.4. The molecule has 0 bridgehead atoms. The van der Waals surface area contributed by atoms with Crippen molar-refractivity contribution in [2.24, 2.45) is 5.73 Å². The Morgan fingerprint density at radius 3 is 2.26 bits per heavy atom. The van der Waals surface area contributed by atoms with Crippen molar-refractivity contribution in [2.75, 3.05) is 31.5 Å². The van der Waals surface area contributed by atoms with E-state index in [1.807, 2.05) is 18.2 Å². The van der Waals surface area contributed by atoms with Crippen molar-refractivity contribution in [3.63, 3.8) is 0 Å². The van der Waals surface area contributed by atoms with Gasteiger partial charge in [0, 0.05) is 44.0 Å². The summed E-state index contributed by atoms with van der Waals surface area (Å²) in [6.07, 6.45) is -0.0128. The molecule has 1 fully saturated rings. The van der Waals surface area contributed by atoms with Gasteiger partial charge in [-0.3, -0.25) is 14.5 Å². The first kappa shape index (κ1) is 24.6. The van der Waals surface area contributed by atoms with Gasteiger partial charge in [-0.15, -0.1) is 0 Å². The first-order valence-electron chi connectivity index (χ1n) is 11.4. The highest BCUT2D eigenvalue weighted by Gasteiger charge is 2.29. The van der Waals surface area contributed by atoms with Crippen LogP contribution in [0.25, 0.3) is 0 Å². The van der Waals surface area contributed by atoms with E-state index >= 15 is 0 Å². The Balaban J connectivity index is 1.44. The van der Waals surface area contributed by atoms with E-state index in [1.165, 1.54) is 22.0 Å². The Morgan fingerprint density at radius 2 is 1.54 bits per heavy atom. The molecule has 3 N–H and O–H groups in total. The van der Waals surface area contributed by atoms with E-state index in [1.54, 1.807) is 36.4 Å². The van der Waals surface area contributed by atoms with Crippen LogP contribution < -0.4 is 11.1 Å². The van der Waals surface area contributed by atoms with Crippen molar-refractivity contribution in [2.45, 2.75) is 17.9 Å². The number of piperazine rings is 1. The van der Waals surface area contributed by atoms with Gasteiger partial charge in [0.15, 0.2) is 0 Å². The monoisotopic (exact) mass is 492 g/mol.